The zero-order chi connectivity index (χ0) is 13.0. The number of carbonyl (C=O) groups is 1. The first-order valence-corrected chi connectivity index (χ1v) is 6.37. The van der Waals surface area contributed by atoms with Gasteiger partial charge in [-0.1, -0.05) is 12.1 Å². The van der Waals surface area contributed by atoms with Crippen molar-refractivity contribution in [3.63, 3.8) is 0 Å². The molecule has 1 saturated heterocycles. The minimum Gasteiger partial charge on any atom is -0.387 e. The van der Waals surface area contributed by atoms with Crippen LogP contribution in [0.25, 0.3) is 0 Å². The molecule has 1 amide bonds. The minimum absolute atomic E-state index is 0.0284. The molecule has 0 aromatic heterocycles. The van der Waals surface area contributed by atoms with Crippen molar-refractivity contribution < 1.29 is 9.53 Å². The Morgan fingerprint density at radius 3 is 2.89 bits per heavy atom. The average molecular weight is 248 g/mol. The van der Waals surface area contributed by atoms with E-state index in [4.69, 9.17) is 4.74 Å². The fourth-order valence-corrected chi connectivity index (χ4v) is 2.25. The zero-order valence-electron chi connectivity index (χ0n) is 10.9. The molecule has 0 radical (unpaired) electrons. The number of anilines is 1. The van der Waals surface area contributed by atoms with Crippen LogP contribution in [0.4, 0.5) is 5.69 Å². The summed E-state index contributed by atoms with van der Waals surface area (Å²) >= 11 is 0. The Bertz CT molecular complexity index is 414. The van der Waals surface area contributed by atoms with Crippen molar-refractivity contribution in [3.05, 3.63) is 29.8 Å². The predicted octanol–water partition coefficient (Wildman–Crippen LogP) is 1.88. The largest absolute Gasteiger partial charge is 0.387 e. The number of carbonyl (C=O) groups excluding carboxylic acids is 1. The van der Waals surface area contributed by atoms with Crippen LogP contribution in [-0.4, -0.2) is 32.2 Å². The van der Waals surface area contributed by atoms with Crippen LogP contribution >= 0.6 is 0 Å². The molecule has 0 bridgehead atoms. The number of amides is 1. The molecule has 1 aliphatic heterocycles. The summed E-state index contributed by atoms with van der Waals surface area (Å²) < 4.78 is 5.35. The lowest BCUT2D eigenvalue weighted by Crippen LogP contribution is -2.38. The minimum atomic E-state index is -0.0284. The first-order chi connectivity index (χ1) is 8.72. The van der Waals surface area contributed by atoms with E-state index >= 15 is 0 Å². The molecule has 0 aliphatic carbocycles. The van der Waals surface area contributed by atoms with E-state index in [2.05, 4.69) is 10.6 Å². The van der Waals surface area contributed by atoms with E-state index in [0.29, 0.717) is 11.5 Å². The van der Waals surface area contributed by atoms with Gasteiger partial charge >= 0.3 is 0 Å². The van der Waals surface area contributed by atoms with Crippen molar-refractivity contribution in [1.29, 1.82) is 0 Å². The van der Waals surface area contributed by atoms with Gasteiger partial charge < -0.3 is 15.4 Å². The third-order valence-corrected chi connectivity index (χ3v) is 3.47. The van der Waals surface area contributed by atoms with Crippen LogP contribution in [0, 0.1) is 5.92 Å². The van der Waals surface area contributed by atoms with Crippen molar-refractivity contribution in [1.82, 2.24) is 5.32 Å². The van der Waals surface area contributed by atoms with E-state index in [1.807, 2.05) is 38.2 Å². The maximum atomic E-state index is 12.2. The molecule has 0 spiro atoms. The van der Waals surface area contributed by atoms with Crippen molar-refractivity contribution in [2.75, 3.05) is 25.6 Å². The Labute approximate surface area is 108 Å². The van der Waals surface area contributed by atoms with Crippen LogP contribution in [0.1, 0.15) is 23.7 Å². The normalized spacial score (nSPS) is 20.4. The van der Waals surface area contributed by atoms with Crippen LogP contribution in [0.3, 0.4) is 0 Å². The van der Waals surface area contributed by atoms with Gasteiger partial charge in [0.15, 0.2) is 0 Å². The zero-order valence-corrected chi connectivity index (χ0v) is 10.9. The third kappa shape index (κ3) is 2.82. The second-order valence-electron chi connectivity index (χ2n) is 4.68. The standard InChI is InChI=1S/C14H20N2O2/c1-10(11-7-8-18-9-11)16-14(17)12-5-3-4-6-13(12)15-2/h3-6,10-11,15H,7-9H2,1-2H3,(H,16,17). The Kier molecular flexibility index (Phi) is 4.20. The van der Waals surface area contributed by atoms with Gasteiger partial charge in [0.1, 0.15) is 0 Å². The van der Waals surface area contributed by atoms with Crippen LogP contribution in [-0.2, 0) is 4.74 Å². The monoisotopic (exact) mass is 248 g/mol. The highest BCUT2D eigenvalue weighted by atomic mass is 16.5. The van der Waals surface area contributed by atoms with E-state index in [-0.39, 0.29) is 11.9 Å². The quantitative estimate of drug-likeness (QED) is 0.855. The number of hydrogen-bond acceptors (Lipinski definition) is 3. The van der Waals surface area contributed by atoms with Crippen LogP contribution < -0.4 is 10.6 Å². The molecule has 4 nitrogen and oxygen atoms in total. The van der Waals surface area contributed by atoms with E-state index in [1.165, 1.54) is 0 Å². The molecular weight excluding hydrogens is 228 g/mol. The van der Waals surface area contributed by atoms with Crippen LogP contribution in [0.5, 0.6) is 0 Å². The van der Waals surface area contributed by atoms with Gasteiger partial charge in [0.05, 0.1) is 12.2 Å². The maximum absolute atomic E-state index is 12.2. The van der Waals surface area contributed by atoms with Gasteiger partial charge in [-0.15, -0.1) is 0 Å². The van der Waals surface area contributed by atoms with Crippen LogP contribution in [0.15, 0.2) is 24.3 Å². The van der Waals surface area contributed by atoms with Gasteiger partial charge in [-0.2, -0.15) is 0 Å². The fraction of sp³-hybridized carbons (Fsp3) is 0.500. The molecular formula is C14H20N2O2. The van der Waals surface area contributed by atoms with E-state index in [0.717, 1.165) is 25.3 Å². The Balaban J connectivity index is 2.02. The smallest absolute Gasteiger partial charge is 0.253 e. The van der Waals surface area contributed by atoms with Gasteiger partial charge in [-0.05, 0) is 25.5 Å². The molecule has 1 heterocycles. The SMILES string of the molecule is CNc1ccccc1C(=O)NC(C)C1CCOC1. The summed E-state index contributed by atoms with van der Waals surface area (Å²) in [5, 5.41) is 6.09. The first-order valence-electron chi connectivity index (χ1n) is 6.37. The third-order valence-electron chi connectivity index (χ3n) is 3.47. The lowest BCUT2D eigenvalue weighted by atomic mass is 10.0. The molecule has 98 valence electrons. The van der Waals surface area contributed by atoms with Crippen molar-refractivity contribution >= 4 is 11.6 Å². The molecule has 2 N–H and O–H groups in total. The molecule has 2 atom stereocenters. The highest BCUT2D eigenvalue weighted by molar-refractivity contribution is 5.99. The summed E-state index contributed by atoms with van der Waals surface area (Å²) in [6, 6.07) is 7.66. The predicted molar refractivity (Wildman–Crippen MR) is 71.8 cm³/mol. The van der Waals surface area contributed by atoms with E-state index in [1.54, 1.807) is 0 Å². The second kappa shape index (κ2) is 5.87. The van der Waals surface area contributed by atoms with Gasteiger partial charge in [0.25, 0.3) is 5.91 Å². The van der Waals surface area contributed by atoms with Crippen LogP contribution in [0.2, 0.25) is 0 Å². The second-order valence-corrected chi connectivity index (χ2v) is 4.68. The maximum Gasteiger partial charge on any atom is 0.253 e. The van der Waals surface area contributed by atoms with Gasteiger partial charge in [0, 0.05) is 31.3 Å². The number of ether oxygens (including phenoxy) is 1. The lowest BCUT2D eigenvalue weighted by Gasteiger charge is -2.20. The van der Waals surface area contributed by atoms with E-state index in [9.17, 15) is 4.79 Å². The van der Waals surface area contributed by atoms with Gasteiger partial charge in [-0.3, -0.25) is 4.79 Å². The number of para-hydroxylation sites is 1. The molecule has 2 rings (SSSR count). The van der Waals surface area contributed by atoms with Gasteiger partial charge in [0.2, 0.25) is 0 Å². The van der Waals surface area contributed by atoms with Crippen molar-refractivity contribution in [2.24, 2.45) is 5.92 Å². The summed E-state index contributed by atoms with van der Waals surface area (Å²) in [5.41, 5.74) is 1.54. The van der Waals surface area contributed by atoms with E-state index < -0.39 is 0 Å². The summed E-state index contributed by atoms with van der Waals surface area (Å²) in [5.74, 6) is 0.398. The Morgan fingerprint density at radius 1 is 1.44 bits per heavy atom. The lowest BCUT2D eigenvalue weighted by molar-refractivity contribution is 0.0923. The topological polar surface area (TPSA) is 50.4 Å². The summed E-state index contributed by atoms with van der Waals surface area (Å²) in [7, 11) is 1.82. The number of nitrogens with one attached hydrogen (secondary N) is 2. The highest BCUT2D eigenvalue weighted by Crippen LogP contribution is 2.18. The fourth-order valence-electron chi connectivity index (χ4n) is 2.25. The molecule has 1 aromatic carbocycles. The summed E-state index contributed by atoms with van der Waals surface area (Å²) in [6.45, 7) is 3.59. The van der Waals surface area contributed by atoms with Crippen molar-refractivity contribution in [3.8, 4) is 0 Å². The first kappa shape index (κ1) is 12.9. The molecule has 4 heteroatoms. The Hall–Kier alpha value is -1.55. The molecule has 1 aliphatic rings. The molecule has 18 heavy (non-hydrogen) atoms. The van der Waals surface area contributed by atoms with Crippen molar-refractivity contribution in [2.45, 2.75) is 19.4 Å². The average Bonchev–Trinajstić information content (AvgIpc) is 2.92. The van der Waals surface area contributed by atoms with Gasteiger partial charge in [-0.25, -0.2) is 0 Å². The number of benzene rings is 1. The summed E-state index contributed by atoms with van der Waals surface area (Å²) in [4.78, 5) is 12.2. The summed E-state index contributed by atoms with van der Waals surface area (Å²) in [6.07, 6.45) is 1.02. The molecule has 1 aromatic rings. The highest BCUT2D eigenvalue weighted by Gasteiger charge is 2.24. The molecule has 2 unspecified atom stereocenters. The Morgan fingerprint density at radius 2 is 2.22 bits per heavy atom. The number of hydrogen-bond donors (Lipinski definition) is 2. The molecule has 0 saturated carbocycles. The number of rotatable bonds is 4. The molecule has 1 fully saturated rings.